The Hall–Kier alpha value is -0.417. The van der Waals surface area contributed by atoms with Crippen LogP contribution in [0.25, 0.3) is 0 Å². The second-order valence-electron chi connectivity index (χ2n) is 2.91. The number of allylic oxidation sites excluding steroid dienone is 6. The van der Waals surface area contributed by atoms with Gasteiger partial charge in [0.15, 0.2) is 0 Å². The van der Waals surface area contributed by atoms with E-state index in [1.165, 1.54) is 25.7 Å². The van der Waals surface area contributed by atoms with Gasteiger partial charge in [-0.2, -0.15) is 0 Å². The van der Waals surface area contributed by atoms with Crippen LogP contribution in [0.5, 0.6) is 0 Å². The van der Waals surface area contributed by atoms with E-state index in [4.69, 9.17) is 0 Å². The fourth-order valence-electron chi connectivity index (χ4n) is 0.718. The summed E-state index contributed by atoms with van der Waals surface area (Å²) in [5.74, 6) is 0. The summed E-state index contributed by atoms with van der Waals surface area (Å²) in [6, 6.07) is 0. The molecule has 0 atom stereocenters. The van der Waals surface area contributed by atoms with Gasteiger partial charge in [0.1, 0.15) is 0 Å². The Morgan fingerprint density at radius 2 is 1.06 bits per heavy atom. The predicted octanol–water partition coefficient (Wildman–Crippen LogP) is 5.96. The SMILES string of the molecule is C=CC=CCCC.C=CC=CCCC.[CH3-].[CH3-].[Ru+2]. The molecule has 0 nitrogen and oxygen atoms in total. The van der Waals surface area contributed by atoms with Crippen molar-refractivity contribution in [2.45, 2.75) is 39.5 Å². The molecule has 0 aromatic rings. The molecule has 0 aliphatic carbocycles. The molecule has 0 aliphatic heterocycles. The molecule has 0 unspecified atom stereocenters. The van der Waals surface area contributed by atoms with Gasteiger partial charge in [-0.05, 0) is 12.8 Å². The van der Waals surface area contributed by atoms with Crippen molar-refractivity contribution in [2.24, 2.45) is 0 Å². The van der Waals surface area contributed by atoms with Gasteiger partial charge in [-0.3, -0.25) is 0 Å². The van der Waals surface area contributed by atoms with E-state index in [9.17, 15) is 0 Å². The summed E-state index contributed by atoms with van der Waals surface area (Å²) in [4.78, 5) is 0. The molecule has 0 radical (unpaired) electrons. The van der Waals surface area contributed by atoms with E-state index in [0.29, 0.717) is 0 Å². The number of unbranched alkanes of at least 4 members (excludes halogenated alkanes) is 2. The Balaban J connectivity index is -0.0000000480. The van der Waals surface area contributed by atoms with Crippen LogP contribution < -0.4 is 0 Å². The van der Waals surface area contributed by atoms with Gasteiger partial charge in [-0.25, -0.2) is 0 Å². The van der Waals surface area contributed by atoms with Crippen LogP contribution >= 0.6 is 0 Å². The molecule has 0 fully saturated rings. The monoisotopic (exact) mass is 324 g/mol. The van der Waals surface area contributed by atoms with Gasteiger partial charge in [-0.15, -0.1) is 0 Å². The fraction of sp³-hybridized carbons (Fsp3) is 0.375. The zero-order valence-electron chi connectivity index (χ0n) is 12.1. The van der Waals surface area contributed by atoms with E-state index in [0.717, 1.165) is 0 Å². The topological polar surface area (TPSA) is 0 Å². The fourth-order valence-corrected chi connectivity index (χ4v) is 0.718. The largest absolute Gasteiger partial charge is 2.00 e. The maximum Gasteiger partial charge on any atom is 2.00 e. The van der Waals surface area contributed by atoms with Crippen LogP contribution in [0.15, 0.2) is 49.6 Å². The quantitative estimate of drug-likeness (QED) is 0.321. The molecule has 0 heterocycles. The normalized spacial score (nSPS) is 8.12. The van der Waals surface area contributed by atoms with E-state index in [1.54, 1.807) is 12.2 Å². The predicted molar refractivity (Wildman–Crippen MR) is 81.3 cm³/mol. The standard InChI is InChI=1S/2C7H12.2CH3.Ru/c2*1-3-5-7-6-4-2;;;/h2*3,5,7H,1,4,6H2,2H3;2*1H3;/q;;2*-1;+2. The molecule has 0 aromatic heterocycles. The minimum absolute atomic E-state index is 0. The number of hydrogen-bond acceptors (Lipinski definition) is 0. The molecule has 0 spiro atoms. The maximum absolute atomic E-state index is 3.55. The van der Waals surface area contributed by atoms with Crippen molar-refractivity contribution >= 4 is 0 Å². The molecule has 0 bridgehead atoms. The molecule has 0 aliphatic rings. The van der Waals surface area contributed by atoms with Gasteiger partial charge in [0, 0.05) is 0 Å². The molecule has 1 heteroatoms. The van der Waals surface area contributed by atoms with Gasteiger partial charge in [0.2, 0.25) is 0 Å². The average molecular weight is 323 g/mol. The Kier molecular flexibility index (Phi) is 63.7. The zero-order chi connectivity index (χ0) is 11.1. The van der Waals surface area contributed by atoms with Gasteiger partial charge < -0.3 is 14.9 Å². The van der Waals surface area contributed by atoms with Crippen LogP contribution in [-0.2, 0) is 19.5 Å². The molecule has 17 heavy (non-hydrogen) atoms. The van der Waals surface area contributed by atoms with Crippen LogP contribution in [0, 0.1) is 14.9 Å². The number of hydrogen-bond donors (Lipinski definition) is 0. The van der Waals surface area contributed by atoms with Gasteiger partial charge in [0.25, 0.3) is 0 Å². The zero-order valence-corrected chi connectivity index (χ0v) is 13.8. The molecule has 0 saturated carbocycles. The first-order valence-corrected chi connectivity index (χ1v) is 5.38. The smallest absolute Gasteiger partial charge is 0.358 e. The summed E-state index contributed by atoms with van der Waals surface area (Å²) in [5.41, 5.74) is 0. The van der Waals surface area contributed by atoms with Crippen LogP contribution in [0.3, 0.4) is 0 Å². The summed E-state index contributed by atoms with van der Waals surface area (Å²) in [5, 5.41) is 0. The molecule has 0 saturated heterocycles. The Morgan fingerprint density at radius 1 is 0.765 bits per heavy atom. The van der Waals surface area contributed by atoms with Crippen molar-refractivity contribution in [3.63, 3.8) is 0 Å². The molecular formula is C16H30Ru. The molecule has 0 aromatic carbocycles. The van der Waals surface area contributed by atoms with Crippen molar-refractivity contribution in [1.82, 2.24) is 0 Å². The summed E-state index contributed by atoms with van der Waals surface area (Å²) in [7, 11) is 0. The summed E-state index contributed by atoms with van der Waals surface area (Å²) in [6.45, 7) is 11.4. The maximum atomic E-state index is 3.55. The van der Waals surface area contributed by atoms with E-state index in [1.807, 2.05) is 12.2 Å². The van der Waals surface area contributed by atoms with Crippen molar-refractivity contribution in [2.75, 3.05) is 0 Å². The molecule has 102 valence electrons. The summed E-state index contributed by atoms with van der Waals surface area (Å²) >= 11 is 0. The molecule has 0 amide bonds. The molecular weight excluding hydrogens is 293 g/mol. The second kappa shape index (κ2) is 36.1. The van der Waals surface area contributed by atoms with Gasteiger partial charge in [0.05, 0.1) is 0 Å². The third kappa shape index (κ3) is 50.0. The van der Waals surface area contributed by atoms with Gasteiger partial charge >= 0.3 is 19.5 Å². The first-order chi connectivity index (χ1) is 6.83. The Morgan fingerprint density at radius 3 is 1.24 bits per heavy atom. The van der Waals surface area contributed by atoms with Crippen molar-refractivity contribution in [1.29, 1.82) is 0 Å². The van der Waals surface area contributed by atoms with Crippen LogP contribution in [-0.4, -0.2) is 0 Å². The summed E-state index contributed by atoms with van der Waals surface area (Å²) < 4.78 is 0. The molecule has 0 N–H and O–H groups in total. The van der Waals surface area contributed by atoms with Crippen LogP contribution in [0.4, 0.5) is 0 Å². The van der Waals surface area contributed by atoms with E-state index < -0.39 is 0 Å². The van der Waals surface area contributed by atoms with Crippen molar-refractivity contribution < 1.29 is 19.5 Å². The van der Waals surface area contributed by atoms with E-state index in [-0.39, 0.29) is 34.3 Å². The third-order valence-corrected chi connectivity index (χ3v) is 1.46. The first kappa shape index (κ1) is 30.0. The van der Waals surface area contributed by atoms with Crippen LogP contribution in [0.1, 0.15) is 39.5 Å². The first-order valence-electron chi connectivity index (χ1n) is 5.38. The van der Waals surface area contributed by atoms with Crippen LogP contribution in [0.2, 0.25) is 0 Å². The Labute approximate surface area is 123 Å². The van der Waals surface area contributed by atoms with E-state index >= 15 is 0 Å². The minimum Gasteiger partial charge on any atom is -0.358 e. The van der Waals surface area contributed by atoms with Crippen molar-refractivity contribution in [3.05, 3.63) is 64.5 Å². The third-order valence-electron chi connectivity index (χ3n) is 1.46. The minimum atomic E-state index is 0. The van der Waals surface area contributed by atoms with Crippen molar-refractivity contribution in [3.8, 4) is 0 Å². The average Bonchev–Trinajstić information content (AvgIpc) is 2.21. The molecule has 0 rings (SSSR count). The second-order valence-corrected chi connectivity index (χ2v) is 2.91. The van der Waals surface area contributed by atoms with Gasteiger partial charge in [-0.1, -0.05) is 76.3 Å². The summed E-state index contributed by atoms with van der Waals surface area (Å²) in [6.07, 6.45) is 16.6. The number of rotatable bonds is 6. The Bertz CT molecular complexity index is 146. The van der Waals surface area contributed by atoms with E-state index in [2.05, 4.69) is 39.2 Å².